The second-order valence-electron chi connectivity index (χ2n) is 5.37. The summed E-state index contributed by atoms with van der Waals surface area (Å²) in [5.74, 6) is -1.07. The van der Waals surface area contributed by atoms with Crippen LogP contribution in [0.25, 0.3) is 0 Å². The van der Waals surface area contributed by atoms with Crippen LogP contribution in [0.15, 0.2) is 24.3 Å². The molecular weight excluding hydrogens is 326 g/mol. The molecule has 5 nitrogen and oxygen atoms in total. The number of nitrogens with two attached hydrogens (primary N) is 1. The molecule has 1 saturated carbocycles. The zero-order chi connectivity index (χ0) is 16.5. The van der Waals surface area contributed by atoms with Crippen LogP contribution in [-0.2, 0) is 19.4 Å². The average molecular weight is 346 g/mol. The summed E-state index contributed by atoms with van der Waals surface area (Å²) in [6.45, 7) is 3.37. The van der Waals surface area contributed by atoms with Crippen LogP contribution in [0.3, 0.4) is 0 Å². The van der Waals surface area contributed by atoms with E-state index in [0.717, 1.165) is 5.56 Å². The molecule has 0 bridgehead atoms. The molecule has 122 valence electrons. The lowest BCUT2D eigenvalue weighted by atomic mass is 9.99. The monoisotopic (exact) mass is 345 g/mol. The molecule has 22 heavy (non-hydrogen) atoms. The largest absolute Gasteiger partial charge is 0.465 e. The van der Waals surface area contributed by atoms with Gasteiger partial charge < -0.3 is 10.5 Å². The molecule has 1 aromatic rings. The van der Waals surface area contributed by atoms with Gasteiger partial charge in [-0.3, -0.25) is 4.79 Å². The van der Waals surface area contributed by atoms with Gasteiger partial charge in [0.1, 0.15) is 5.41 Å². The Bertz CT molecular complexity index is 659. The molecule has 3 unspecified atom stereocenters. The van der Waals surface area contributed by atoms with Crippen LogP contribution in [0, 0.1) is 5.41 Å². The Labute approximate surface area is 135 Å². The zero-order valence-electron chi connectivity index (χ0n) is 12.6. The van der Waals surface area contributed by atoms with E-state index in [2.05, 4.69) is 0 Å². The fourth-order valence-electron chi connectivity index (χ4n) is 3.09. The number of rotatable bonds is 6. The summed E-state index contributed by atoms with van der Waals surface area (Å²) in [4.78, 5) is 12.4. The van der Waals surface area contributed by atoms with Gasteiger partial charge >= 0.3 is 5.97 Å². The third-order valence-corrected chi connectivity index (χ3v) is 6.79. The van der Waals surface area contributed by atoms with E-state index < -0.39 is 32.4 Å². The molecule has 1 aromatic carbocycles. The number of hydrogen-bond acceptors (Lipinski definition) is 5. The first-order valence-corrected chi connectivity index (χ1v) is 9.28. The van der Waals surface area contributed by atoms with Crippen LogP contribution in [0.5, 0.6) is 0 Å². The van der Waals surface area contributed by atoms with Crippen molar-refractivity contribution in [1.29, 1.82) is 0 Å². The number of carbonyl (C=O) groups excluding carboxylic acids is 1. The van der Waals surface area contributed by atoms with Gasteiger partial charge in [0.15, 0.2) is 9.84 Å². The molecule has 0 aliphatic heterocycles. The predicted octanol–water partition coefficient (Wildman–Crippen LogP) is 1.75. The number of sulfone groups is 1. The number of ether oxygens (including phenoxy) is 1. The normalized spacial score (nSPS) is 27.5. The van der Waals surface area contributed by atoms with Gasteiger partial charge in [-0.15, -0.1) is 0 Å². The smallest absolute Gasteiger partial charge is 0.315 e. The molecule has 0 heterocycles. The highest BCUT2D eigenvalue weighted by Crippen LogP contribution is 2.63. The van der Waals surface area contributed by atoms with Crippen molar-refractivity contribution in [3.63, 3.8) is 0 Å². The number of benzene rings is 1. The number of carbonyl (C=O) groups is 1. The lowest BCUT2D eigenvalue weighted by Gasteiger charge is -2.14. The lowest BCUT2D eigenvalue weighted by Crippen LogP contribution is -2.34. The quantitative estimate of drug-likeness (QED) is 0.794. The van der Waals surface area contributed by atoms with Crippen molar-refractivity contribution < 1.29 is 17.9 Å². The minimum atomic E-state index is -3.43. The van der Waals surface area contributed by atoms with Crippen molar-refractivity contribution >= 4 is 27.4 Å². The van der Waals surface area contributed by atoms with Gasteiger partial charge in [0, 0.05) is 23.2 Å². The van der Waals surface area contributed by atoms with E-state index >= 15 is 0 Å². The Morgan fingerprint density at radius 2 is 1.91 bits per heavy atom. The first kappa shape index (κ1) is 17.2. The molecule has 2 N–H and O–H groups in total. The molecule has 7 heteroatoms. The Hall–Kier alpha value is -1.11. The minimum absolute atomic E-state index is 0.0388. The van der Waals surface area contributed by atoms with Crippen LogP contribution < -0.4 is 5.73 Å². The van der Waals surface area contributed by atoms with Gasteiger partial charge in [-0.05, 0) is 24.6 Å². The summed E-state index contributed by atoms with van der Waals surface area (Å²) >= 11 is 5.87. The first-order valence-electron chi connectivity index (χ1n) is 7.19. The van der Waals surface area contributed by atoms with Gasteiger partial charge in [0.25, 0.3) is 0 Å². The van der Waals surface area contributed by atoms with Crippen LogP contribution in [0.4, 0.5) is 0 Å². The van der Waals surface area contributed by atoms with Crippen molar-refractivity contribution in [2.45, 2.75) is 25.0 Å². The van der Waals surface area contributed by atoms with Crippen LogP contribution >= 0.6 is 11.6 Å². The maximum atomic E-state index is 12.4. The summed E-state index contributed by atoms with van der Waals surface area (Å²) < 4.78 is 29.9. The third-order valence-electron chi connectivity index (χ3n) is 4.27. The number of halogens is 1. The molecule has 0 aromatic heterocycles. The van der Waals surface area contributed by atoms with Crippen LogP contribution in [-0.4, -0.2) is 38.5 Å². The Kier molecular flexibility index (Phi) is 4.84. The molecule has 1 aliphatic carbocycles. The molecular formula is C15H20ClNO4S. The highest BCUT2D eigenvalue weighted by molar-refractivity contribution is 7.92. The Morgan fingerprint density at radius 1 is 1.32 bits per heavy atom. The summed E-state index contributed by atoms with van der Waals surface area (Å²) in [5.41, 5.74) is 5.35. The van der Waals surface area contributed by atoms with E-state index in [1.807, 2.05) is 0 Å². The molecule has 1 fully saturated rings. The third kappa shape index (κ3) is 2.64. The maximum Gasteiger partial charge on any atom is 0.315 e. The number of esters is 1. The van der Waals surface area contributed by atoms with E-state index in [1.165, 1.54) is 0 Å². The van der Waals surface area contributed by atoms with Gasteiger partial charge in [0.2, 0.25) is 0 Å². The van der Waals surface area contributed by atoms with Crippen molar-refractivity contribution in [3.05, 3.63) is 34.9 Å². The highest BCUT2D eigenvalue weighted by atomic mass is 35.5. The summed E-state index contributed by atoms with van der Waals surface area (Å²) in [7, 11) is -3.43. The molecule has 0 saturated heterocycles. The summed E-state index contributed by atoms with van der Waals surface area (Å²) in [5, 5.41) is -0.288. The molecule has 1 aliphatic rings. The Balaban J connectivity index is 2.49. The van der Waals surface area contributed by atoms with Crippen LogP contribution in [0.2, 0.25) is 5.02 Å². The second-order valence-corrected chi connectivity index (χ2v) is 8.21. The minimum Gasteiger partial charge on any atom is -0.465 e. The van der Waals surface area contributed by atoms with Gasteiger partial charge in [0.05, 0.1) is 11.9 Å². The molecule has 3 atom stereocenters. The highest BCUT2D eigenvalue weighted by Gasteiger charge is 2.74. The Morgan fingerprint density at radius 3 is 2.36 bits per heavy atom. The SMILES string of the molecule is CCOC(=O)C1(CN)C(c2ccc(Cl)cc2)C1S(=O)(=O)CC. The van der Waals surface area contributed by atoms with Crippen molar-refractivity contribution in [1.82, 2.24) is 0 Å². The summed E-state index contributed by atoms with van der Waals surface area (Å²) in [6, 6.07) is 6.83. The van der Waals surface area contributed by atoms with Crippen LogP contribution in [0.1, 0.15) is 25.3 Å². The average Bonchev–Trinajstić information content (AvgIpc) is 3.20. The van der Waals surface area contributed by atoms with Gasteiger partial charge in [-0.25, -0.2) is 8.42 Å². The van der Waals surface area contributed by atoms with Gasteiger partial charge in [-0.2, -0.15) is 0 Å². The zero-order valence-corrected chi connectivity index (χ0v) is 14.2. The standard InChI is InChI=1S/C15H20ClNO4S/c1-3-21-14(18)15(9-17)12(13(15)22(19,20)4-2)10-5-7-11(16)8-6-10/h5-8,12-13H,3-4,9,17H2,1-2H3. The van der Waals surface area contributed by atoms with Crippen molar-refractivity contribution in [2.75, 3.05) is 18.9 Å². The van der Waals surface area contributed by atoms with E-state index in [4.69, 9.17) is 22.1 Å². The van der Waals surface area contributed by atoms with E-state index in [0.29, 0.717) is 5.02 Å². The fraction of sp³-hybridized carbons (Fsp3) is 0.533. The topological polar surface area (TPSA) is 86.5 Å². The maximum absolute atomic E-state index is 12.4. The lowest BCUT2D eigenvalue weighted by molar-refractivity contribution is -0.149. The molecule has 2 rings (SSSR count). The van der Waals surface area contributed by atoms with Crippen molar-refractivity contribution in [3.8, 4) is 0 Å². The fourth-order valence-corrected chi connectivity index (χ4v) is 5.29. The summed E-state index contributed by atoms with van der Waals surface area (Å²) in [6.07, 6.45) is 0. The molecule has 0 spiro atoms. The molecule has 0 radical (unpaired) electrons. The molecule has 0 amide bonds. The van der Waals surface area contributed by atoms with E-state index in [9.17, 15) is 13.2 Å². The van der Waals surface area contributed by atoms with E-state index in [1.54, 1.807) is 38.1 Å². The van der Waals surface area contributed by atoms with Crippen molar-refractivity contribution in [2.24, 2.45) is 11.1 Å². The first-order chi connectivity index (χ1) is 10.3. The van der Waals surface area contributed by atoms with Gasteiger partial charge in [-0.1, -0.05) is 30.7 Å². The predicted molar refractivity (Wildman–Crippen MR) is 85.6 cm³/mol. The number of hydrogen-bond donors (Lipinski definition) is 1. The van der Waals surface area contributed by atoms with E-state index in [-0.39, 0.29) is 18.9 Å². The second kappa shape index (κ2) is 6.18.